The Morgan fingerprint density at radius 3 is 2.41 bits per heavy atom. The lowest BCUT2D eigenvalue weighted by atomic mass is 9.95. The van der Waals surface area contributed by atoms with Crippen LogP contribution in [0.2, 0.25) is 0 Å². The lowest BCUT2D eigenvalue weighted by molar-refractivity contribution is -0.140. The maximum atomic E-state index is 13.5. The average molecular weight is 441 g/mol. The van der Waals surface area contributed by atoms with Gasteiger partial charge in [-0.1, -0.05) is 24.8 Å². The highest BCUT2D eigenvalue weighted by Crippen LogP contribution is 2.39. The SMILES string of the molecule is C=CCOc1ccc(C(O)=C2C(=O)C(=O)N(CCOCCO)[C@H]2c2ccc(F)cc2)cc1. The summed E-state index contributed by atoms with van der Waals surface area (Å²) < 4.78 is 24.2. The molecule has 1 saturated heterocycles. The van der Waals surface area contributed by atoms with Crippen LogP contribution in [0.3, 0.4) is 0 Å². The number of halogens is 1. The Morgan fingerprint density at radius 1 is 1.09 bits per heavy atom. The van der Waals surface area contributed by atoms with E-state index in [1.807, 2.05) is 0 Å². The molecule has 1 amide bonds. The van der Waals surface area contributed by atoms with Crippen LogP contribution in [-0.2, 0) is 14.3 Å². The molecule has 1 fully saturated rings. The number of carbonyl (C=O) groups is 2. The number of Topliss-reactive ketones (excluding diaryl/α,β-unsaturated/α-hetero) is 1. The van der Waals surface area contributed by atoms with E-state index in [-0.39, 0.29) is 37.7 Å². The molecule has 7 nitrogen and oxygen atoms in total. The van der Waals surface area contributed by atoms with Crippen molar-refractivity contribution in [1.82, 2.24) is 4.90 Å². The molecule has 168 valence electrons. The van der Waals surface area contributed by atoms with Crippen LogP contribution in [0.4, 0.5) is 4.39 Å². The number of ketones is 1. The van der Waals surface area contributed by atoms with Gasteiger partial charge in [0.25, 0.3) is 11.7 Å². The number of aliphatic hydroxyl groups is 2. The van der Waals surface area contributed by atoms with Crippen molar-refractivity contribution in [2.24, 2.45) is 0 Å². The highest BCUT2D eigenvalue weighted by atomic mass is 19.1. The van der Waals surface area contributed by atoms with Crippen molar-refractivity contribution >= 4 is 17.4 Å². The van der Waals surface area contributed by atoms with E-state index in [0.717, 1.165) is 0 Å². The molecule has 0 bridgehead atoms. The quantitative estimate of drug-likeness (QED) is 0.194. The van der Waals surface area contributed by atoms with Crippen LogP contribution in [0.5, 0.6) is 5.75 Å². The van der Waals surface area contributed by atoms with E-state index in [4.69, 9.17) is 14.6 Å². The van der Waals surface area contributed by atoms with Gasteiger partial charge < -0.3 is 24.6 Å². The van der Waals surface area contributed by atoms with E-state index in [2.05, 4.69) is 6.58 Å². The molecule has 0 unspecified atom stereocenters. The first-order valence-corrected chi connectivity index (χ1v) is 10.0. The van der Waals surface area contributed by atoms with Crippen LogP contribution in [0, 0.1) is 5.82 Å². The molecule has 0 radical (unpaired) electrons. The summed E-state index contributed by atoms with van der Waals surface area (Å²) in [7, 11) is 0. The van der Waals surface area contributed by atoms with Crippen LogP contribution < -0.4 is 4.74 Å². The topological polar surface area (TPSA) is 96.3 Å². The Morgan fingerprint density at radius 2 is 1.78 bits per heavy atom. The Labute approximate surface area is 185 Å². The number of carbonyl (C=O) groups excluding carboxylic acids is 2. The van der Waals surface area contributed by atoms with Crippen molar-refractivity contribution in [2.45, 2.75) is 6.04 Å². The third kappa shape index (κ3) is 5.04. The summed E-state index contributed by atoms with van der Waals surface area (Å²) in [5.74, 6) is -1.89. The van der Waals surface area contributed by atoms with Gasteiger partial charge in [-0.25, -0.2) is 4.39 Å². The highest BCUT2D eigenvalue weighted by Gasteiger charge is 2.45. The molecule has 1 atom stereocenters. The second-order valence-corrected chi connectivity index (χ2v) is 7.00. The van der Waals surface area contributed by atoms with Gasteiger partial charge in [-0.2, -0.15) is 0 Å². The van der Waals surface area contributed by atoms with Crippen LogP contribution >= 0.6 is 0 Å². The molecule has 32 heavy (non-hydrogen) atoms. The monoisotopic (exact) mass is 441 g/mol. The van der Waals surface area contributed by atoms with Gasteiger partial charge >= 0.3 is 0 Å². The Bertz CT molecular complexity index is 1000. The molecule has 1 aliphatic heterocycles. The van der Waals surface area contributed by atoms with Crippen molar-refractivity contribution in [3.05, 3.63) is 83.7 Å². The number of hydrogen-bond donors (Lipinski definition) is 2. The van der Waals surface area contributed by atoms with E-state index in [1.54, 1.807) is 30.3 Å². The van der Waals surface area contributed by atoms with E-state index in [0.29, 0.717) is 23.5 Å². The first kappa shape index (κ1) is 23.2. The molecule has 8 heteroatoms. The summed E-state index contributed by atoms with van der Waals surface area (Å²) in [6, 6.07) is 10.9. The second kappa shape index (κ2) is 10.7. The van der Waals surface area contributed by atoms with Crippen molar-refractivity contribution in [3.63, 3.8) is 0 Å². The van der Waals surface area contributed by atoms with Gasteiger partial charge in [-0.3, -0.25) is 9.59 Å². The highest BCUT2D eigenvalue weighted by molar-refractivity contribution is 6.46. The van der Waals surface area contributed by atoms with Gasteiger partial charge in [0.15, 0.2) is 0 Å². The number of benzene rings is 2. The smallest absolute Gasteiger partial charge is 0.295 e. The molecule has 0 spiro atoms. The zero-order chi connectivity index (χ0) is 23.1. The van der Waals surface area contributed by atoms with E-state index in [1.165, 1.54) is 29.2 Å². The van der Waals surface area contributed by atoms with Crippen LogP contribution in [0.25, 0.3) is 5.76 Å². The van der Waals surface area contributed by atoms with Gasteiger partial charge in [0.2, 0.25) is 0 Å². The molecule has 1 aliphatic rings. The molecule has 1 heterocycles. The number of ether oxygens (including phenoxy) is 2. The molecule has 0 aliphatic carbocycles. The Balaban J connectivity index is 2.00. The van der Waals surface area contributed by atoms with E-state index >= 15 is 0 Å². The minimum atomic E-state index is -0.912. The number of amides is 1. The van der Waals surface area contributed by atoms with Gasteiger partial charge in [0.05, 0.1) is 31.4 Å². The van der Waals surface area contributed by atoms with E-state index in [9.17, 15) is 19.1 Å². The van der Waals surface area contributed by atoms with Crippen molar-refractivity contribution in [2.75, 3.05) is 33.0 Å². The minimum absolute atomic E-state index is 0.0533. The van der Waals surface area contributed by atoms with Crippen molar-refractivity contribution < 1.29 is 33.7 Å². The number of nitrogens with zero attached hydrogens (tertiary/aromatic N) is 1. The number of likely N-dealkylation sites (tertiary alicyclic amines) is 1. The minimum Gasteiger partial charge on any atom is -0.507 e. The standard InChI is InChI=1S/C24H24FNO6/c1-2-13-32-19-9-5-17(6-10-19)22(28)20-21(16-3-7-18(25)8-4-16)26(24(30)23(20)29)11-14-31-15-12-27/h2-10,21,27-28H,1,11-15H2/t21-/m0/s1. The number of aliphatic hydroxyl groups excluding tert-OH is 2. The normalized spacial score (nSPS) is 17.6. The summed E-state index contributed by atoms with van der Waals surface area (Å²) in [6.45, 7) is 3.95. The summed E-state index contributed by atoms with van der Waals surface area (Å²) in [6.07, 6.45) is 1.60. The molecule has 0 aromatic heterocycles. The maximum absolute atomic E-state index is 13.5. The van der Waals surface area contributed by atoms with Crippen LogP contribution in [-0.4, -0.2) is 59.8 Å². The average Bonchev–Trinajstić information content (AvgIpc) is 3.06. The number of rotatable bonds is 10. The molecular formula is C24H24FNO6. The summed E-state index contributed by atoms with van der Waals surface area (Å²) in [5.41, 5.74) is 0.710. The number of hydrogen-bond acceptors (Lipinski definition) is 6. The lowest BCUT2D eigenvalue weighted by Gasteiger charge is -2.25. The fourth-order valence-corrected chi connectivity index (χ4v) is 3.45. The third-order valence-corrected chi connectivity index (χ3v) is 4.93. The van der Waals surface area contributed by atoms with Gasteiger partial charge in [0, 0.05) is 12.1 Å². The van der Waals surface area contributed by atoms with Crippen LogP contribution in [0.15, 0.2) is 66.8 Å². The molecule has 0 saturated carbocycles. The second-order valence-electron chi connectivity index (χ2n) is 7.00. The van der Waals surface area contributed by atoms with Crippen molar-refractivity contribution in [1.29, 1.82) is 0 Å². The molecule has 3 rings (SSSR count). The third-order valence-electron chi connectivity index (χ3n) is 4.93. The summed E-state index contributed by atoms with van der Waals surface area (Å²) in [5, 5.41) is 19.8. The molecular weight excluding hydrogens is 417 g/mol. The maximum Gasteiger partial charge on any atom is 0.295 e. The van der Waals surface area contributed by atoms with Gasteiger partial charge in [-0.05, 0) is 42.0 Å². The predicted molar refractivity (Wildman–Crippen MR) is 115 cm³/mol. The lowest BCUT2D eigenvalue weighted by Crippen LogP contribution is -2.33. The predicted octanol–water partition coefficient (Wildman–Crippen LogP) is 2.82. The van der Waals surface area contributed by atoms with E-state index < -0.39 is 23.5 Å². The largest absolute Gasteiger partial charge is 0.507 e. The molecule has 2 aromatic rings. The molecule has 2 N–H and O–H groups in total. The Hall–Kier alpha value is -3.49. The zero-order valence-electron chi connectivity index (χ0n) is 17.4. The van der Waals surface area contributed by atoms with Gasteiger partial charge in [-0.15, -0.1) is 0 Å². The summed E-state index contributed by atoms with van der Waals surface area (Å²) >= 11 is 0. The Kier molecular flexibility index (Phi) is 7.75. The zero-order valence-corrected chi connectivity index (χ0v) is 17.4. The van der Waals surface area contributed by atoms with Gasteiger partial charge in [0.1, 0.15) is 23.9 Å². The van der Waals surface area contributed by atoms with Crippen LogP contribution in [0.1, 0.15) is 17.2 Å². The fourth-order valence-electron chi connectivity index (χ4n) is 3.45. The first-order chi connectivity index (χ1) is 15.5. The van der Waals surface area contributed by atoms with Crippen molar-refractivity contribution in [3.8, 4) is 5.75 Å². The fraction of sp³-hybridized carbons (Fsp3) is 0.250. The first-order valence-electron chi connectivity index (χ1n) is 10.0. The summed E-state index contributed by atoms with van der Waals surface area (Å²) in [4.78, 5) is 26.9. The molecule has 2 aromatic carbocycles.